The Morgan fingerprint density at radius 1 is 1.70 bits per heavy atom. The molecule has 1 fully saturated rings. The molecule has 0 saturated carbocycles. The number of hydrogen-bond acceptors (Lipinski definition) is 3. The van der Waals surface area contributed by atoms with Gasteiger partial charge in [0, 0.05) is 19.1 Å². The number of aliphatic hydroxyl groups is 1. The van der Waals surface area contributed by atoms with Gasteiger partial charge in [0.1, 0.15) is 0 Å². The van der Waals surface area contributed by atoms with Crippen molar-refractivity contribution in [3.8, 4) is 0 Å². The van der Waals surface area contributed by atoms with Gasteiger partial charge >= 0.3 is 0 Å². The van der Waals surface area contributed by atoms with E-state index in [1.165, 1.54) is 0 Å². The molecule has 5 heteroatoms. The number of aliphatic hydroxyl groups excluding tert-OH is 1. The van der Waals surface area contributed by atoms with Crippen LogP contribution in [0.3, 0.4) is 0 Å². The van der Waals surface area contributed by atoms with E-state index in [4.69, 9.17) is 9.84 Å². The molecule has 1 aliphatic rings. The maximum absolute atomic E-state index is 8.73. The zero-order valence-corrected chi connectivity index (χ0v) is 7.07. The van der Waals surface area contributed by atoms with Gasteiger partial charge in [-0.2, -0.15) is 9.12 Å². The average Bonchev–Trinajstić information content (AvgIpc) is 2.05. The molecule has 1 rings (SSSR count). The third kappa shape index (κ3) is 2.20. The van der Waals surface area contributed by atoms with Gasteiger partial charge in [-0.3, -0.25) is 0 Å². The summed E-state index contributed by atoms with van der Waals surface area (Å²) < 4.78 is 5.45. The highest BCUT2D eigenvalue weighted by atomic mass is 31.0. The molecule has 0 aromatic carbocycles. The highest BCUT2D eigenvalue weighted by Crippen LogP contribution is 2.03. The monoisotopic (exact) mass is 161 g/mol. The van der Waals surface area contributed by atoms with Gasteiger partial charge in [-0.1, -0.05) is 0 Å². The number of hydrogen-bond donors (Lipinski definition) is 2. The van der Waals surface area contributed by atoms with E-state index in [2.05, 4.69) is 14.4 Å². The maximum atomic E-state index is 8.73. The van der Waals surface area contributed by atoms with Crippen molar-refractivity contribution in [3.05, 3.63) is 0 Å². The third-order valence-corrected chi connectivity index (χ3v) is 2.12. The highest BCUT2D eigenvalue weighted by Gasteiger charge is 2.19. The number of morpholine rings is 1. The molecule has 3 nitrogen and oxygen atoms in total. The highest BCUT2D eigenvalue weighted by molar-refractivity contribution is 7.56. The maximum Gasteiger partial charge on any atom is 0.182 e. The minimum atomic E-state index is -0.000648. The molecule has 2 N–H and O–H groups in total. The summed E-state index contributed by atoms with van der Waals surface area (Å²) in [7, 11) is 2.64. The van der Waals surface area contributed by atoms with Crippen LogP contribution in [-0.4, -0.2) is 43.9 Å². The Kier molecular flexibility index (Phi) is 3.64. The zero-order chi connectivity index (χ0) is 7.40. The van der Waals surface area contributed by atoms with Crippen molar-refractivity contribution in [1.29, 1.82) is 0 Å². The van der Waals surface area contributed by atoms with E-state index >= 15 is 0 Å². The SMILES string of the molecule is OCC1CNCC(BP)O1. The molecule has 0 spiro atoms. The minimum Gasteiger partial charge on any atom is -0.394 e. The van der Waals surface area contributed by atoms with Gasteiger partial charge in [0.25, 0.3) is 0 Å². The normalized spacial score (nSPS) is 33.8. The van der Waals surface area contributed by atoms with Crippen molar-refractivity contribution >= 4 is 16.1 Å². The molecule has 0 aliphatic carbocycles. The van der Waals surface area contributed by atoms with Crippen LogP contribution in [0.25, 0.3) is 0 Å². The largest absolute Gasteiger partial charge is 0.394 e. The van der Waals surface area contributed by atoms with Crippen molar-refractivity contribution < 1.29 is 9.84 Å². The molecule has 0 radical (unpaired) electrons. The van der Waals surface area contributed by atoms with Gasteiger partial charge in [0.05, 0.1) is 12.7 Å². The van der Waals surface area contributed by atoms with Crippen LogP contribution >= 0.6 is 9.12 Å². The van der Waals surface area contributed by atoms with Crippen molar-refractivity contribution in [3.63, 3.8) is 0 Å². The van der Waals surface area contributed by atoms with E-state index in [1.54, 1.807) is 0 Å². The lowest BCUT2D eigenvalue weighted by molar-refractivity contribution is -0.0262. The summed E-state index contributed by atoms with van der Waals surface area (Å²) in [6, 6.07) is 0.260. The molecule has 58 valence electrons. The molecule has 0 aromatic rings. The second-order valence-electron chi connectivity index (χ2n) is 2.46. The molecule has 3 unspecified atom stereocenters. The fraction of sp³-hybridized carbons (Fsp3) is 1.00. The lowest BCUT2D eigenvalue weighted by atomic mass is 9.96. The summed E-state index contributed by atoms with van der Waals surface area (Å²) in [6.45, 7) is 2.73. The fourth-order valence-electron chi connectivity index (χ4n) is 1.02. The topological polar surface area (TPSA) is 41.5 Å². The minimum absolute atomic E-state index is 0.000648. The quantitative estimate of drug-likeness (QED) is 0.383. The molecule has 0 bridgehead atoms. The number of rotatable bonds is 2. The second-order valence-corrected chi connectivity index (χ2v) is 2.93. The van der Waals surface area contributed by atoms with E-state index in [0.29, 0.717) is 0 Å². The first-order chi connectivity index (χ1) is 4.86. The Bertz CT molecular complexity index is 95.6. The zero-order valence-electron chi connectivity index (χ0n) is 5.92. The van der Waals surface area contributed by atoms with Crippen LogP contribution in [0.4, 0.5) is 0 Å². The second kappa shape index (κ2) is 4.29. The number of ether oxygens (including phenoxy) is 1. The molecule has 3 atom stereocenters. The molecular weight excluding hydrogens is 148 g/mol. The standard InChI is InChI=1S/C5H13BNO2P/c8-3-4-1-7-2-5(6-10)9-4/h4-8H,1-3,10H2. The predicted octanol–water partition coefficient (Wildman–Crippen LogP) is -1.48. The summed E-state index contributed by atoms with van der Waals surface area (Å²) in [5.41, 5.74) is 0. The molecule has 10 heavy (non-hydrogen) atoms. The third-order valence-electron chi connectivity index (χ3n) is 1.60. The van der Waals surface area contributed by atoms with E-state index in [-0.39, 0.29) is 18.7 Å². The summed E-state index contributed by atoms with van der Waals surface area (Å²) in [5.74, 6) is 0. The smallest absolute Gasteiger partial charge is 0.182 e. The summed E-state index contributed by atoms with van der Waals surface area (Å²) >= 11 is 0. The van der Waals surface area contributed by atoms with Gasteiger partial charge in [-0.05, 0) is 0 Å². The summed E-state index contributed by atoms with van der Waals surface area (Å²) in [5, 5.41) is 11.9. The molecule has 1 saturated heterocycles. The Balaban J connectivity index is 2.25. The van der Waals surface area contributed by atoms with E-state index in [0.717, 1.165) is 20.1 Å². The molecular formula is C5H13BNO2P. The number of nitrogens with one attached hydrogen (secondary N) is 1. The van der Waals surface area contributed by atoms with Gasteiger partial charge in [0.2, 0.25) is 0 Å². The molecule has 0 aromatic heterocycles. The fourth-order valence-corrected chi connectivity index (χ4v) is 1.30. The van der Waals surface area contributed by atoms with E-state index in [9.17, 15) is 0 Å². The van der Waals surface area contributed by atoms with Gasteiger partial charge < -0.3 is 15.2 Å². The van der Waals surface area contributed by atoms with Crippen LogP contribution in [0.5, 0.6) is 0 Å². The Morgan fingerprint density at radius 3 is 3.10 bits per heavy atom. The van der Waals surface area contributed by atoms with Crippen LogP contribution in [0, 0.1) is 0 Å². The Labute approximate surface area is 63.9 Å². The lowest BCUT2D eigenvalue weighted by Gasteiger charge is -2.28. The van der Waals surface area contributed by atoms with Crippen molar-refractivity contribution in [1.82, 2.24) is 5.32 Å². The van der Waals surface area contributed by atoms with E-state index < -0.39 is 0 Å². The average molecular weight is 161 g/mol. The van der Waals surface area contributed by atoms with E-state index in [1.807, 2.05) is 0 Å². The van der Waals surface area contributed by atoms with Crippen molar-refractivity contribution in [2.24, 2.45) is 0 Å². The molecule has 1 heterocycles. The summed E-state index contributed by atoms with van der Waals surface area (Å²) in [4.78, 5) is 0. The molecule has 1 aliphatic heterocycles. The van der Waals surface area contributed by atoms with Gasteiger partial charge in [0.15, 0.2) is 7.00 Å². The first kappa shape index (κ1) is 8.47. The van der Waals surface area contributed by atoms with Crippen LogP contribution in [0.2, 0.25) is 0 Å². The first-order valence-electron chi connectivity index (χ1n) is 3.54. The van der Waals surface area contributed by atoms with Crippen LogP contribution in [0.1, 0.15) is 0 Å². The van der Waals surface area contributed by atoms with Crippen molar-refractivity contribution in [2.75, 3.05) is 19.7 Å². The first-order valence-corrected chi connectivity index (χ1v) is 4.35. The molecule has 0 amide bonds. The van der Waals surface area contributed by atoms with Gasteiger partial charge in [-0.15, -0.1) is 0 Å². The lowest BCUT2D eigenvalue weighted by Crippen LogP contribution is -2.47. The van der Waals surface area contributed by atoms with Crippen LogP contribution in [-0.2, 0) is 4.74 Å². The van der Waals surface area contributed by atoms with Crippen molar-refractivity contribution in [2.45, 2.75) is 12.1 Å². The van der Waals surface area contributed by atoms with Gasteiger partial charge in [-0.25, -0.2) is 0 Å². The Morgan fingerprint density at radius 2 is 2.50 bits per heavy atom. The Hall–Kier alpha value is 0.375. The summed E-state index contributed by atoms with van der Waals surface area (Å²) in [6.07, 6.45) is -0.000648. The van der Waals surface area contributed by atoms with Crippen LogP contribution < -0.4 is 5.32 Å². The van der Waals surface area contributed by atoms with Crippen LogP contribution in [0.15, 0.2) is 0 Å². The predicted molar refractivity (Wildman–Crippen MR) is 45.5 cm³/mol.